The van der Waals surface area contributed by atoms with Crippen molar-refractivity contribution in [1.29, 1.82) is 0 Å². The summed E-state index contributed by atoms with van der Waals surface area (Å²) in [7, 11) is 0. The number of benzene rings is 1. The number of amides is 2. The summed E-state index contributed by atoms with van der Waals surface area (Å²) >= 11 is 0. The van der Waals surface area contributed by atoms with E-state index in [9.17, 15) is 9.59 Å². The van der Waals surface area contributed by atoms with Crippen molar-refractivity contribution in [2.45, 2.75) is 52.6 Å². The van der Waals surface area contributed by atoms with Gasteiger partial charge in [-0.15, -0.1) is 0 Å². The Morgan fingerprint density at radius 3 is 2.52 bits per heavy atom. The molecule has 0 unspecified atom stereocenters. The molecule has 0 aliphatic rings. The van der Waals surface area contributed by atoms with E-state index in [2.05, 4.69) is 29.1 Å². The normalized spacial score (nSPS) is 11.9. The first-order valence-corrected chi connectivity index (χ1v) is 11.3. The second-order valence-corrected chi connectivity index (χ2v) is 7.87. The predicted molar refractivity (Wildman–Crippen MR) is 122 cm³/mol. The van der Waals surface area contributed by atoms with Crippen LogP contribution in [0.25, 0.3) is 0 Å². The molecular formula is C24H36N5O2+. The number of hydrogen-bond donors (Lipinski definition) is 2. The van der Waals surface area contributed by atoms with Crippen LogP contribution in [0.3, 0.4) is 0 Å². The monoisotopic (exact) mass is 426 g/mol. The van der Waals surface area contributed by atoms with Crippen LogP contribution >= 0.6 is 0 Å². The molecule has 1 atom stereocenters. The third-order valence-corrected chi connectivity index (χ3v) is 5.47. The molecule has 7 heteroatoms. The van der Waals surface area contributed by atoms with E-state index in [0.29, 0.717) is 13.1 Å². The van der Waals surface area contributed by atoms with Gasteiger partial charge in [-0.25, -0.2) is 4.98 Å². The van der Waals surface area contributed by atoms with Gasteiger partial charge in [0, 0.05) is 37.9 Å². The molecular weight excluding hydrogens is 390 g/mol. The van der Waals surface area contributed by atoms with Gasteiger partial charge in [-0.2, -0.15) is 0 Å². The minimum absolute atomic E-state index is 0.0345. The van der Waals surface area contributed by atoms with Crippen molar-refractivity contribution in [3.8, 4) is 0 Å². The van der Waals surface area contributed by atoms with Gasteiger partial charge in [-0.3, -0.25) is 14.6 Å². The molecule has 0 saturated heterocycles. The van der Waals surface area contributed by atoms with Crippen molar-refractivity contribution in [2.24, 2.45) is 0 Å². The van der Waals surface area contributed by atoms with Crippen molar-refractivity contribution in [3.63, 3.8) is 0 Å². The van der Waals surface area contributed by atoms with Crippen LogP contribution in [0.5, 0.6) is 0 Å². The number of hydrogen-bond acceptors (Lipinski definition) is 4. The number of nitrogens with zero attached hydrogens (tertiary/aromatic N) is 3. The molecule has 2 N–H and O–H groups in total. The van der Waals surface area contributed by atoms with Gasteiger partial charge in [0.15, 0.2) is 0 Å². The third kappa shape index (κ3) is 8.84. The summed E-state index contributed by atoms with van der Waals surface area (Å²) in [6.07, 6.45) is 6.80. The number of nitrogens with one attached hydrogen (secondary N) is 2. The Morgan fingerprint density at radius 2 is 1.87 bits per heavy atom. The van der Waals surface area contributed by atoms with E-state index in [0.717, 1.165) is 38.0 Å². The molecule has 0 fully saturated rings. The Labute approximate surface area is 185 Å². The first-order chi connectivity index (χ1) is 15.0. The van der Waals surface area contributed by atoms with Gasteiger partial charge in [-0.1, -0.05) is 30.3 Å². The van der Waals surface area contributed by atoms with E-state index < -0.39 is 0 Å². The summed E-state index contributed by atoms with van der Waals surface area (Å²) in [6.45, 7) is 10.6. The average Bonchev–Trinajstić information content (AvgIpc) is 2.80. The van der Waals surface area contributed by atoms with Crippen LogP contribution in [0.2, 0.25) is 0 Å². The number of rotatable bonds is 13. The van der Waals surface area contributed by atoms with Crippen LogP contribution < -0.4 is 10.2 Å². The highest BCUT2D eigenvalue weighted by Crippen LogP contribution is 2.09. The highest BCUT2D eigenvalue weighted by atomic mass is 16.2. The van der Waals surface area contributed by atoms with Crippen molar-refractivity contribution in [1.82, 2.24) is 20.2 Å². The molecule has 2 rings (SSSR count). The lowest BCUT2D eigenvalue weighted by molar-refractivity contribution is -0.896. The van der Waals surface area contributed by atoms with E-state index in [1.54, 1.807) is 9.80 Å². The highest BCUT2D eigenvalue weighted by molar-refractivity contribution is 5.92. The average molecular weight is 427 g/mol. The lowest BCUT2D eigenvalue weighted by Crippen LogP contribution is -3.11. The Balaban J connectivity index is 1.88. The molecule has 31 heavy (non-hydrogen) atoms. The van der Waals surface area contributed by atoms with Crippen LogP contribution in [0.1, 0.15) is 56.1 Å². The molecule has 2 aromatic rings. The molecule has 0 aliphatic carbocycles. The van der Waals surface area contributed by atoms with E-state index in [1.165, 1.54) is 18.6 Å². The van der Waals surface area contributed by atoms with E-state index in [4.69, 9.17) is 0 Å². The van der Waals surface area contributed by atoms with Gasteiger partial charge < -0.3 is 15.1 Å². The summed E-state index contributed by atoms with van der Waals surface area (Å²) in [6, 6.07) is 9.88. The molecule has 1 aromatic carbocycles. The summed E-state index contributed by atoms with van der Waals surface area (Å²) in [5, 5.41) is 3.07. The zero-order valence-electron chi connectivity index (χ0n) is 19.0. The lowest BCUT2D eigenvalue weighted by atomic mass is 10.1. The van der Waals surface area contributed by atoms with E-state index in [1.807, 2.05) is 37.3 Å². The maximum absolute atomic E-state index is 12.9. The first kappa shape index (κ1) is 24.5. The van der Waals surface area contributed by atoms with Gasteiger partial charge in [0.1, 0.15) is 5.69 Å². The number of carbonyl (C=O) groups is 2. The fourth-order valence-corrected chi connectivity index (χ4v) is 3.55. The van der Waals surface area contributed by atoms with Gasteiger partial charge in [0.25, 0.3) is 5.91 Å². The maximum atomic E-state index is 12.9. The second-order valence-electron chi connectivity index (χ2n) is 7.87. The van der Waals surface area contributed by atoms with Gasteiger partial charge in [-0.05, 0) is 39.2 Å². The quantitative estimate of drug-likeness (QED) is 0.511. The van der Waals surface area contributed by atoms with Crippen molar-refractivity contribution >= 4 is 11.8 Å². The van der Waals surface area contributed by atoms with Crippen LogP contribution in [-0.2, 0) is 11.3 Å². The van der Waals surface area contributed by atoms with Gasteiger partial charge in [0.05, 0.1) is 25.8 Å². The summed E-state index contributed by atoms with van der Waals surface area (Å²) < 4.78 is 0. The van der Waals surface area contributed by atoms with Crippen LogP contribution in [0, 0.1) is 0 Å². The molecule has 0 saturated carbocycles. The predicted octanol–water partition coefficient (Wildman–Crippen LogP) is 1.72. The minimum atomic E-state index is -0.222. The Hall–Kier alpha value is -2.80. The smallest absolute Gasteiger partial charge is 0.274 e. The summed E-state index contributed by atoms with van der Waals surface area (Å²) in [5.41, 5.74) is 1.29. The summed E-state index contributed by atoms with van der Waals surface area (Å²) in [4.78, 5) is 36.8. The standard InChI is InChI=1S/C24H35N5O2/c1-4-28(5-2)16-9-10-20(3)27-23(30)13-17-29(19-21-11-7-6-8-12-21)24(31)22-18-25-14-15-26-22/h6-8,11-12,14-15,18,20H,4-5,9-10,13,16-17,19H2,1-3H3,(H,27,30)/p+1/t20-/m0/s1. The Morgan fingerprint density at radius 1 is 1.13 bits per heavy atom. The second kappa shape index (κ2) is 13.5. The van der Waals surface area contributed by atoms with Crippen LogP contribution in [0.4, 0.5) is 0 Å². The number of carbonyl (C=O) groups excluding carboxylic acids is 2. The largest absolute Gasteiger partial charge is 0.354 e. The zero-order chi connectivity index (χ0) is 22.5. The molecule has 0 aliphatic heterocycles. The molecule has 0 spiro atoms. The SMILES string of the molecule is CC[NH+](CC)CCC[C@H](C)NC(=O)CCN(Cc1ccccc1)C(=O)c1cnccn1. The van der Waals surface area contributed by atoms with E-state index >= 15 is 0 Å². The van der Waals surface area contributed by atoms with Crippen molar-refractivity contribution < 1.29 is 14.5 Å². The molecule has 1 aromatic heterocycles. The first-order valence-electron chi connectivity index (χ1n) is 11.3. The molecule has 0 bridgehead atoms. The fraction of sp³-hybridized carbons (Fsp3) is 0.500. The van der Waals surface area contributed by atoms with Crippen LogP contribution in [0.15, 0.2) is 48.9 Å². The van der Waals surface area contributed by atoms with Crippen LogP contribution in [-0.4, -0.2) is 58.9 Å². The van der Waals surface area contributed by atoms with Gasteiger partial charge >= 0.3 is 0 Å². The lowest BCUT2D eigenvalue weighted by Gasteiger charge is -2.23. The molecule has 2 amide bonds. The minimum Gasteiger partial charge on any atom is -0.354 e. The topological polar surface area (TPSA) is 79.6 Å². The third-order valence-electron chi connectivity index (χ3n) is 5.47. The van der Waals surface area contributed by atoms with Crippen molar-refractivity contribution in [2.75, 3.05) is 26.2 Å². The maximum Gasteiger partial charge on any atom is 0.274 e. The van der Waals surface area contributed by atoms with E-state index in [-0.39, 0.29) is 30.0 Å². The highest BCUT2D eigenvalue weighted by Gasteiger charge is 2.19. The summed E-state index contributed by atoms with van der Waals surface area (Å²) in [5.74, 6) is -0.257. The zero-order valence-corrected chi connectivity index (χ0v) is 19.0. The molecule has 0 radical (unpaired) electrons. The molecule has 1 heterocycles. The number of aromatic nitrogens is 2. The Kier molecular flexibility index (Phi) is 10.6. The fourth-order valence-electron chi connectivity index (χ4n) is 3.55. The van der Waals surface area contributed by atoms with Gasteiger partial charge in [0.2, 0.25) is 5.91 Å². The molecule has 7 nitrogen and oxygen atoms in total. The number of quaternary nitrogens is 1. The Bertz CT molecular complexity index is 781. The molecule has 168 valence electrons. The van der Waals surface area contributed by atoms with Crippen molar-refractivity contribution in [3.05, 3.63) is 60.2 Å².